The number of hydrogen-bond acceptors (Lipinski definition) is 3. The molecule has 2 N–H and O–H groups in total. The lowest BCUT2D eigenvalue weighted by atomic mass is 9.93. The fourth-order valence-electron chi connectivity index (χ4n) is 1.82. The maximum Gasteiger partial charge on any atom is 0.322 e. The molecule has 5 nitrogen and oxygen atoms in total. The second-order valence-corrected chi connectivity index (χ2v) is 4.56. The smallest absolute Gasteiger partial charge is 0.317 e. The molecule has 0 saturated carbocycles. The summed E-state index contributed by atoms with van der Waals surface area (Å²) in [6, 6.07) is 6.46. The fraction of sp³-hybridized carbons (Fsp3) is 0.250. The summed E-state index contributed by atoms with van der Waals surface area (Å²) in [7, 11) is 0. The van der Waals surface area contributed by atoms with E-state index in [4.69, 9.17) is 11.6 Å². The molecule has 1 aromatic rings. The molecule has 0 spiro atoms. The maximum atomic E-state index is 11.6. The van der Waals surface area contributed by atoms with E-state index in [9.17, 15) is 14.4 Å². The summed E-state index contributed by atoms with van der Waals surface area (Å²) in [5, 5.41) is 5.04. The Morgan fingerprint density at radius 2 is 1.89 bits per heavy atom. The van der Waals surface area contributed by atoms with Gasteiger partial charge < -0.3 is 10.1 Å². The third-order valence-corrected chi connectivity index (χ3v) is 3.14. The number of amides is 3. The number of urea groups is 1. The number of benzene rings is 1. The zero-order valence-electron chi connectivity index (χ0n) is 9.40. The molecule has 1 heterocycles. The number of rotatable bonds is 4. The molecule has 1 aliphatic rings. The van der Waals surface area contributed by atoms with E-state index in [-0.39, 0.29) is 6.42 Å². The van der Waals surface area contributed by atoms with Gasteiger partial charge in [-0.05, 0) is 30.5 Å². The van der Waals surface area contributed by atoms with Gasteiger partial charge in [0.1, 0.15) is 0 Å². The predicted octanol–water partition coefficient (Wildman–Crippen LogP) is 1.05. The number of aldehydes is 1. The molecule has 1 aliphatic heterocycles. The van der Waals surface area contributed by atoms with E-state index in [0.29, 0.717) is 17.7 Å². The predicted molar refractivity (Wildman–Crippen MR) is 65.2 cm³/mol. The van der Waals surface area contributed by atoms with Crippen molar-refractivity contribution in [2.45, 2.75) is 18.4 Å². The number of halogens is 1. The van der Waals surface area contributed by atoms with Crippen molar-refractivity contribution in [3.8, 4) is 0 Å². The molecule has 94 valence electrons. The molecule has 18 heavy (non-hydrogen) atoms. The van der Waals surface area contributed by atoms with Crippen LogP contribution in [0.3, 0.4) is 0 Å². The Hall–Kier alpha value is -1.88. The Morgan fingerprint density at radius 3 is 2.39 bits per heavy atom. The first kappa shape index (κ1) is 12.6. The van der Waals surface area contributed by atoms with Gasteiger partial charge in [0, 0.05) is 5.02 Å². The van der Waals surface area contributed by atoms with Crippen LogP contribution >= 0.6 is 11.6 Å². The van der Waals surface area contributed by atoms with Gasteiger partial charge in [-0.1, -0.05) is 23.7 Å². The lowest BCUT2D eigenvalue weighted by Crippen LogP contribution is -2.48. The SMILES string of the molecule is O=C[C@@]1(CCc2ccc(Cl)cc2)NC(=O)NC1=O. The summed E-state index contributed by atoms with van der Waals surface area (Å²) < 4.78 is 0. The van der Waals surface area contributed by atoms with E-state index in [1.54, 1.807) is 12.1 Å². The number of aryl methyl sites for hydroxylation is 1. The first-order valence-electron chi connectivity index (χ1n) is 5.40. The molecule has 6 heteroatoms. The van der Waals surface area contributed by atoms with Crippen molar-refractivity contribution in [3.63, 3.8) is 0 Å². The first-order chi connectivity index (χ1) is 8.55. The highest BCUT2D eigenvalue weighted by Crippen LogP contribution is 2.18. The van der Waals surface area contributed by atoms with Gasteiger partial charge in [0.05, 0.1) is 0 Å². The van der Waals surface area contributed by atoms with Crippen LogP contribution in [0.4, 0.5) is 4.79 Å². The van der Waals surface area contributed by atoms with Crippen LogP contribution in [0.2, 0.25) is 5.02 Å². The topological polar surface area (TPSA) is 75.3 Å². The van der Waals surface area contributed by atoms with Crippen molar-refractivity contribution < 1.29 is 14.4 Å². The Morgan fingerprint density at radius 1 is 1.22 bits per heavy atom. The minimum atomic E-state index is -1.45. The third-order valence-electron chi connectivity index (χ3n) is 2.89. The van der Waals surface area contributed by atoms with Crippen LogP contribution in [0.1, 0.15) is 12.0 Å². The van der Waals surface area contributed by atoms with Gasteiger partial charge in [-0.15, -0.1) is 0 Å². The summed E-state index contributed by atoms with van der Waals surface area (Å²) in [4.78, 5) is 33.7. The molecule has 0 radical (unpaired) electrons. The largest absolute Gasteiger partial charge is 0.322 e. The van der Waals surface area contributed by atoms with Crippen molar-refractivity contribution in [1.82, 2.24) is 10.6 Å². The van der Waals surface area contributed by atoms with Crippen molar-refractivity contribution in [2.24, 2.45) is 0 Å². The van der Waals surface area contributed by atoms with Gasteiger partial charge in [0.15, 0.2) is 11.8 Å². The molecule has 0 aliphatic carbocycles. The second kappa shape index (κ2) is 4.78. The van der Waals surface area contributed by atoms with Crippen LogP contribution in [0.15, 0.2) is 24.3 Å². The Balaban J connectivity index is 2.08. The molecule has 2 rings (SSSR count). The molecule has 0 aromatic heterocycles. The average Bonchev–Trinajstić information content (AvgIpc) is 2.64. The third kappa shape index (κ3) is 2.36. The highest BCUT2D eigenvalue weighted by molar-refractivity contribution is 6.30. The van der Waals surface area contributed by atoms with E-state index in [1.165, 1.54) is 0 Å². The lowest BCUT2D eigenvalue weighted by molar-refractivity contribution is -0.129. The molecule has 0 unspecified atom stereocenters. The van der Waals surface area contributed by atoms with E-state index >= 15 is 0 Å². The normalized spacial score (nSPS) is 22.5. The number of carbonyl (C=O) groups is 3. The molecule has 1 saturated heterocycles. The van der Waals surface area contributed by atoms with Gasteiger partial charge in [0.25, 0.3) is 5.91 Å². The molecule has 1 fully saturated rings. The summed E-state index contributed by atoms with van der Waals surface area (Å²) in [6.07, 6.45) is 1.18. The quantitative estimate of drug-likeness (QED) is 0.486. The van der Waals surface area contributed by atoms with Gasteiger partial charge in [0.2, 0.25) is 0 Å². The zero-order valence-corrected chi connectivity index (χ0v) is 10.2. The summed E-state index contributed by atoms with van der Waals surface area (Å²) in [5.41, 5.74) is -0.508. The standard InChI is InChI=1S/C12H11ClN2O3/c13-9-3-1-8(2-4-9)5-6-12(7-16)10(17)14-11(18)15-12/h1-4,7H,5-6H2,(H2,14,15,17,18)/t12-/m1/s1. The summed E-state index contributed by atoms with van der Waals surface area (Å²) in [6.45, 7) is 0. The van der Waals surface area contributed by atoms with Crippen molar-refractivity contribution in [3.05, 3.63) is 34.9 Å². The number of imide groups is 1. The number of nitrogens with one attached hydrogen (secondary N) is 2. The monoisotopic (exact) mass is 266 g/mol. The molecule has 0 bridgehead atoms. The van der Waals surface area contributed by atoms with Crippen LogP contribution in [0, 0.1) is 0 Å². The summed E-state index contributed by atoms with van der Waals surface area (Å²) >= 11 is 5.76. The van der Waals surface area contributed by atoms with Crippen LogP contribution in [-0.4, -0.2) is 23.8 Å². The van der Waals surface area contributed by atoms with Gasteiger partial charge in [-0.3, -0.25) is 10.1 Å². The first-order valence-corrected chi connectivity index (χ1v) is 5.78. The number of carbonyl (C=O) groups excluding carboxylic acids is 3. The lowest BCUT2D eigenvalue weighted by Gasteiger charge is -2.18. The highest BCUT2D eigenvalue weighted by atomic mass is 35.5. The van der Waals surface area contributed by atoms with E-state index < -0.39 is 17.5 Å². The maximum absolute atomic E-state index is 11.6. The molecular weight excluding hydrogens is 256 g/mol. The van der Waals surface area contributed by atoms with Crippen LogP contribution in [-0.2, 0) is 16.0 Å². The Labute approximate surface area is 109 Å². The molecule has 1 atom stereocenters. The van der Waals surface area contributed by atoms with Crippen molar-refractivity contribution in [2.75, 3.05) is 0 Å². The number of hydrogen-bond donors (Lipinski definition) is 2. The highest BCUT2D eigenvalue weighted by Gasteiger charge is 2.45. The Bertz CT molecular complexity index is 501. The Kier molecular flexibility index (Phi) is 3.34. The molecular formula is C12H11ClN2O3. The van der Waals surface area contributed by atoms with Crippen LogP contribution in [0.5, 0.6) is 0 Å². The van der Waals surface area contributed by atoms with Crippen LogP contribution in [0.25, 0.3) is 0 Å². The molecule has 1 aromatic carbocycles. The zero-order chi connectivity index (χ0) is 13.2. The molecule has 3 amide bonds. The van der Waals surface area contributed by atoms with Crippen molar-refractivity contribution >= 4 is 29.8 Å². The van der Waals surface area contributed by atoms with E-state index in [0.717, 1.165) is 5.56 Å². The second-order valence-electron chi connectivity index (χ2n) is 4.12. The van der Waals surface area contributed by atoms with Crippen molar-refractivity contribution in [1.29, 1.82) is 0 Å². The average molecular weight is 267 g/mol. The van der Waals surface area contributed by atoms with Gasteiger partial charge in [-0.25, -0.2) is 4.79 Å². The fourth-order valence-corrected chi connectivity index (χ4v) is 1.94. The minimum absolute atomic E-state index is 0.218. The van der Waals surface area contributed by atoms with Gasteiger partial charge in [-0.2, -0.15) is 0 Å². The van der Waals surface area contributed by atoms with Gasteiger partial charge >= 0.3 is 6.03 Å². The minimum Gasteiger partial charge on any atom is -0.317 e. The van der Waals surface area contributed by atoms with Crippen LogP contribution < -0.4 is 10.6 Å². The summed E-state index contributed by atoms with van der Waals surface area (Å²) in [5.74, 6) is -0.600. The van der Waals surface area contributed by atoms with E-state index in [2.05, 4.69) is 10.6 Å². The van der Waals surface area contributed by atoms with E-state index in [1.807, 2.05) is 12.1 Å².